The van der Waals surface area contributed by atoms with Gasteiger partial charge >= 0.3 is 0 Å². The van der Waals surface area contributed by atoms with Crippen LogP contribution in [0.25, 0.3) is 0 Å². The second-order valence-corrected chi connectivity index (χ2v) is 3.66. The first-order chi connectivity index (χ1) is 5.62. The zero-order valence-electron chi connectivity index (χ0n) is 7.36. The lowest BCUT2D eigenvalue weighted by molar-refractivity contribution is 0.0249. The highest BCUT2D eigenvalue weighted by Crippen LogP contribution is 2.44. The van der Waals surface area contributed by atoms with Crippen LogP contribution in [0.15, 0.2) is 6.20 Å². The first kappa shape index (κ1) is 7.73. The molecule has 2 rings (SSSR count). The molecule has 0 spiro atoms. The van der Waals surface area contributed by atoms with Gasteiger partial charge in [-0.3, -0.25) is 0 Å². The maximum Gasteiger partial charge on any atom is 0.108 e. The lowest BCUT2D eigenvalue weighted by Crippen LogP contribution is -2.26. The van der Waals surface area contributed by atoms with E-state index in [4.69, 9.17) is 0 Å². The molecule has 0 radical (unpaired) electrons. The summed E-state index contributed by atoms with van der Waals surface area (Å²) in [7, 11) is 1.80. The van der Waals surface area contributed by atoms with Crippen LogP contribution >= 0.6 is 0 Å². The van der Waals surface area contributed by atoms with Crippen LogP contribution in [-0.2, 0) is 12.6 Å². The van der Waals surface area contributed by atoms with E-state index in [2.05, 4.69) is 10.3 Å². The Labute approximate surface area is 71.2 Å². The molecule has 12 heavy (non-hydrogen) atoms. The first-order valence-corrected chi connectivity index (χ1v) is 4.20. The predicted octanol–water partition coefficient (Wildman–Crippen LogP) is 0.433. The predicted molar refractivity (Wildman–Crippen MR) is 43.3 cm³/mol. The van der Waals surface area contributed by atoms with E-state index in [1.54, 1.807) is 17.9 Å². The van der Waals surface area contributed by atoms with Gasteiger partial charge in [0.1, 0.15) is 5.60 Å². The van der Waals surface area contributed by atoms with Crippen molar-refractivity contribution >= 4 is 0 Å². The van der Waals surface area contributed by atoms with Crippen LogP contribution < -0.4 is 0 Å². The van der Waals surface area contributed by atoms with Gasteiger partial charge in [-0.25, -0.2) is 4.68 Å². The minimum atomic E-state index is -0.738. The van der Waals surface area contributed by atoms with Crippen LogP contribution in [0.5, 0.6) is 0 Å². The summed E-state index contributed by atoms with van der Waals surface area (Å²) in [4.78, 5) is 0. The number of aryl methyl sites for hydroxylation is 1. The molecule has 1 aliphatic carbocycles. The van der Waals surface area contributed by atoms with Gasteiger partial charge < -0.3 is 5.11 Å². The summed E-state index contributed by atoms with van der Waals surface area (Å²) in [6, 6.07) is 0. The molecule has 1 aliphatic rings. The van der Waals surface area contributed by atoms with Gasteiger partial charge in [-0.2, -0.15) is 0 Å². The van der Waals surface area contributed by atoms with E-state index >= 15 is 0 Å². The molecule has 0 bridgehead atoms. The van der Waals surface area contributed by atoms with Gasteiger partial charge in [-0.15, -0.1) is 5.10 Å². The van der Waals surface area contributed by atoms with Gasteiger partial charge in [-0.05, 0) is 25.7 Å². The average molecular weight is 167 g/mol. The maximum atomic E-state index is 10.1. The van der Waals surface area contributed by atoms with E-state index in [9.17, 15) is 5.11 Å². The molecule has 1 unspecified atom stereocenters. The lowest BCUT2D eigenvalue weighted by atomic mass is 9.97. The largest absolute Gasteiger partial charge is 0.384 e. The van der Waals surface area contributed by atoms with E-state index in [1.807, 2.05) is 6.92 Å². The first-order valence-electron chi connectivity index (χ1n) is 4.20. The van der Waals surface area contributed by atoms with Crippen molar-refractivity contribution in [3.05, 3.63) is 11.9 Å². The normalized spacial score (nSPS) is 22.2. The third-order valence-corrected chi connectivity index (χ3v) is 2.61. The molecule has 1 heterocycles. The summed E-state index contributed by atoms with van der Waals surface area (Å²) < 4.78 is 1.64. The third-order valence-electron chi connectivity index (χ3n) is 2.61. The van der Waals surface area contributed by atoms with Gasteiger partial charge in [0.05, 0.1) is 11.9 Å². The third kappa shape index (κ3) is 1.03. The standard InChI is InChI=1S/C8H13N3O/c1-8(12,6-3-4-6)7-5-9-10-11(7)2/h5-6,12H,3-4H2,1-2H3. The monoisotopic (exact) mass is 167 g/mol. The van der Waals surface area contributed by atoms with Crippen molar-refractivity contribution < 1.29 is 5.11 Å². The smallest absolute Gasteiger partial charge is 0.108 e. The average Bonchev–Trinajstić information content (AvgIpc) is 2.75. The van der Waals surface area contributed by atoms with Crippen molar-refractivity contribution in [1.82, 2.24) is 15.0 Å². The van der Waals surface area contributed by atoms with Crippen LogP contribution in [0.2, 0.25) is 0 Å². The molecule has 1 atom stereocenters. The molecule has 1 fully saturated rings. The zero-order chi connectivity index (χ0) is 8.77. The fraction of sp³-hybridized carbons (Fsp3) is 0.750. The van der Waals surface area contributed by atoms with Crippen molar-refractivity contribution in [1.29, 1.82) is 0 Å². The number of nitrogens with zero attached hydrogens (tertiary/aromatic N) is 3. The number of aromatic nitrogens is 3. The van der Waals surface area contributed by atoms with Gasteiger partial charge in [0.25, 0.3) is 0 Å². The Bertz CT molecular complexity index is 288. The van der Waals surface area contributed by atoms with Gasteiger partial charge in [0.15, 0.2) is 0 Å². The number of hydrogen-bond donors (Lipinski definition) is 1. The van der Waals surface area contributed by atoms with Crippen molar-refractivity contribution in [2.24, 2.45) is 13.0 Å². The molecule has 1 N–H and O–H groups in total. The molecule has 1 saturated carbocycles. The van der Waals surface area contributed by atoms with E-state index < -0.39 is 5.60 Å². The number of aliphatic hydroxyl groups is 1. The topological polar surface area (TPSA) is 50.9 Å². The molecular formula is C8H13N3O. The molecule has 4 nitrogen and oxygen atoms in total. The number of rotatable bonds is 2. The highest BCUT2D eigenvalue weighted by atomic mass is 16.3. The highest BCUT2D eigenvalue weighted by molar-refractivity contribution is 5.11. The Morgan fingerprint density at radius 2 is 2.33 bits per heavy atom. The summed E-state index contributed by atoms with van der Waals surface area (Å²) >= 11 is 0. The van der Waals surface area contributed by atoms with Crippen molar-refractivity contribution in [3.63, 3.8) is 0 Å². The van der Waals surface area contributed by atoms with Crippen LogP contribution in [0, 0.1) is 5.92 Å². The van der Waals surface area contributed by atoms with Crippen LogP contribution in [-0.4, -0.2) is 20.1 Å². The van der Waals surface area contributed by atoms with Crippen molar-refractivity contribution in [2.75, 3.05) is 0 Å². The van der Waals surface area contributed by atoms with E-state index in [0.717, 1.165) is 18.5 Å². The Morgan fingerprint density at radius 3 is 2.75 bits per heavy atom. The van der Waals surface area contributed by atoms with Gasteiger partial charge in [0.2, 0.25) is 0 Å². The van der Waals surface area contributed by atoms with Crippen molar-refractivity contribution in [2.45, 2.75) is 25.4 Å². The quantitative estimate of drug-likeness (QED) is 0.695. The van der Waals surface area contributed by atoms with E-state index in [0.29, 0.717) is 5.92 Å². The molecule has 0 aromatic carbocycles. The van der Waals surface area contributed by atoms with E-state index in [1.165, 1.54) is 0 Å². The zero-order valence-corrected chi connectivity index (χ0v) is 7.36. The Morgan fingerprint density at radius 1 is 1.67 bits per heavy atom. The molecule has 1 aromatic rings. The summed E-state index contributed by atoms with van der Waals surface area (Å²) in [5.41, 5.74) is 0.0723. The fourth-order valence-corrected chi connectivity index (χ4v) is 1.60. The lowest BCUT2D eigenvalue weighted by Gasteiger charge is -2.21. The maximum absolute atomic E-state index is 10.1. The summed E-state index contributed by atoms with van der Waals surface area (Å²) in [6.07, 6.45) is 3.86. The second kappa shape index (κ2) is 2.29. The second-order valence-electron chi connectivity index (χ2n) is 3.66. The van der Waals surface area contributed by atoms with E-state index in [-0.39, 0.29) is 0 Å². The Balaban J connectivity index is 2.33. The molecule has 1 aromatic heterocycles. The molecular weight excluding hydrogens is 154 g/mol. The molecule has 66 valence electrons. The molecule has 0 saturated heterocycles. The highest BCUT2D eigenvalue weighted by Gasteiger charge is 2.43. The Hall–Kier alpha value is -0.900. The van der Waals surface area contributed by atoms with Crippen molar-refractivity contribution in [3.8, 4) is 0 Å². The Kier molecular flexibility index (Phi) is 1.48. The fourth-order valence-electron chi connectivity index (χ4n) is 1.60. The molecule has 0 amide bonds. The molecule has 4 heteroatoms. The molecule has 0 aliphatic heterocycles. The minimum Gasteiger partial charge on any atom is -0.384 e. The van der Waals surface area contributed by atoms with Crippen LogP contribution in [0.4, 0.5) is 0 Å². The van der Waals surface area contributed by atoms with Gasteiger partial charge in [0, 0.05) is 7.05 Å². The summed E-state index contributed by atoms with van der Waals surface area (Å²) in [6.45, 7) is 1.84. The van der Waals surface area contributed by atoms with Crippen LogP contribution in [0.3, 0.4) is 0 Å². The summed E-state index contributed by atoms with van der Waals surface area (Å²) in [5, 5.41) is 17.6. The van der Waals surface area contributed by atoms with Crippen LogP contribution in [0.1, 0.15) is 25.5 Å². The SMILES string of the molecule is Cn1nncc1C(C)(O)C1CC1. The minimum absolute atomic E-state index is 0.398. The number of hydrogen-bond acceptors (Lipinski definition) is 3. The van der Waals surface area contributed by atoms with Gasteiger partial charge in [-0.1, -0.05) is 5.21 Å². The summed E-state index contributed by atoms with van der Waals surface area (Å²) in [5.74, 6) is 0.398.